The summed E-state index contributed by atoms with van der Waals surface area (Å²) in [7, 11) is 0. The van der Waals surface area contributed by atoms with Crippen LogP contribution in [-0.4, -0.2) is 19.0 Å². The lowest BCUT2D eigenvalue weighted by Gasteiger charge is -2.24. The molecule has 0 aromatic heterocycles. The normalized spacial score (nSPS) is 17.5. The average Bonchev–Trinajstić information content (AvgIpc) is 2.67. The smallest absolute Gasteiger partial charge is 0.224 e. The van der Waals surface area contributed by atoms with Gasteiger partial charge in [-0.15, -0.1) is 12.4 Å². The molecule has 4 nitrogen and oxygen atoms in total. The Morgan fingerprint density at radius 3 is 2.70 bits per heavy atom. The second-order valence-corrected chi connectivity index (χ2v) is 7.12. The number of amides is 1. The zero-order valence-corrected chi connectivity index (χ0v) is 16.9. The van der Waals surface area contributed by atoms with Gasteiger partial charge in [0.05, 0.1) is 12.0 Å². The van der Waals surface area contributed by atoms with E-state index in [9.17, 15) is 4.79 Å². The first-order valence-electron chi connectivity index (χ1n) is 9.41. The van der Waals surface area contributed by atoms with Crippen LogP contribution in [0, 0.1) is 12.8 Å². The van der Waals surface area contributed by atoms with Crippen molar-refractivity contribution in [2.75, 3.05) is 13.1 Å². The molecule has 3 rings (SSSR count). The molecule has 0 aliphatic carbocycles. The van der Waals surface area contributed by atoms with Gasteiger partial charge in [0.1, 0.15) is 12.4 Å². The third-order valence-electron chi connectivity index (χ3n) is 4.89. The third-order valence-corrected chi connectivity index (χ3v) is 4.89. The fourth-order valence-corrected chi connectivity index (χ4v) is 3.31. The van der Waals surface area contributed by atoms with E-state index in [1.54, 1.807) is 0 Å². The van der Waals surface area contributed by atoms with E-state index in [1.807, 2.05) is 37.3 Å². The molecule has 1 heterocycles. The summed E-state index contributed by atoms with van der Waals surface area (Å²) in [5.74, 6) is 1.07. The fourth-order valence-electron chi connectivity index (χ4n) is 3.31. The highest BCUT2D eigenvalue weighted by atomic mass is 35.5. The summed E-state index contributed by atoms with van der Waals surface area (Å²) < 4.78 is 5.86. The highest BCUT2D eigenvalue weighted by Crippen LogP contribution is 2.20. The molecule has 2 N–H and O–H groups in total. The monoisotopic (exact) mass is 388 g/mol. The lowest BCUT2D eigenvalue weighted by molar-refractivity contribution is -0.126. The molecule has 1 aliphatic rings. The van der Waals surface area contributed by atoms with Gasteiger partial charge in [-0.25, -0.2) is 0 Å². The number of benzene rings is 2. The molecule has 2 atom stereocenters. The topological polar surface area (TPSA) is 50.4 Å². The minimum Gasteiger partial charge on any atom is -0.489 e. The summed E-state index contributed by atoms with van der Waals surface area (Å²) >= 11 is 0. The van der Waals surface area contributed by atoms with Gasteiger partial charge >= 0.3 is 0 Å². The molecule has 1 fully saturated rings. The maximum Gasteiger partial charge on any atom is 0.224 e. The molecular formula is C22H29ClN2O2. The van der Waals surface area contributed by atoms with Crippen LogP contribution < -0.4 is 15.4 Å². The van der Waals surface area contributed by atoms with Crippen molar-refractivity contribution in [1.29, 1.82) is 0 Å². The van der Waals surface area contributed by atoms with Crippen molar-refractivity contribution in [3.05, 3.63) is 65.2 Å². The molecule has 146 valence electrons. The molecule has 1 amide bonds. The predicted molar refractivity (Wildman–Crippen MR) is 111 cm³/mol. The van der Waals surface area contributed by atoms with Crippen LogP contribution in [0.3, 0.4) is 0 Å². The van der Waals surface area contributed by atoms with Crippen LogP contribution in [0.2, 0.25) is 0 Å². The number of rotatable bonds is 6. The molecule has 0 radical (unpaired) electrons. The molecule has 1 aliphatic heterocycles. The van der Waals surface area contributed by atoms with Crippen molar-refractivity contribution in [1.82, 2.24) is 10.6 Å². The summed E-state index contributed by atoms with van der Waals surface area (Å²) in [4.78, 5) is 12.4. The van der Waals surface area contributed by atoms with Crippen molar-refractivity contribution in [3.63, 3.8) is 0 Å². The van der Waals surface area contributed by atoms with E-state index in [0.717, 1.165) is 42.8 Å². The van der Waals surface area contributed by atoms with Crippen LogP contribution in [0.4, 0.5) is 0 Å². The van der Waals surface area contributed by atoms with Gasteiger partial charge in [-0.3, -0.25) is 4.79 Å². The summed E-state index contributed by atoms with van der Waals surface area (Å²) in [5, 5.41) is 6.42. The SMILES string of the molecule is Cc1cccc(COc2ccc(C(C)NC(=O)C3CCCNC3)cc2)c1.Cl. The van der Waals surface area contributed by atoms with Crippen molar-refractivity contribution in [2.24, 2.45) is 5.92 Å². The molecule has 0 saturated carbocycles. The van der Waals surface area contributed by atoms with Crippen molar-refractivity contribution in [3.8, 4) is 5.75 Å². The van der Waals surface area contributed by atoms with E-state index in [-0.39, 0.29) is 30.3 Å². The van der Waals surface area contributed by atoms with Gasteiger partial charge in [0.2, 0.25) is 5.91 Å². The molecule has 5 heteroatoms. The Balaban J connectivity index is 0.00000261. The zero-order valence-electron chi connectivity index (χ0n) is 16.0. The van der Waals surface area contributed by atoms with Crippen molar-refractivity contribution >= 4 is 18.3 Å². The number of piperidine rings is 1. The number of carbonyl (C=O) groups is 1. The first-order chi connectivity index (χ1) is 12.6. The van der Waals surface area contributed by atoms with E-state index < -0.39 is 0 Å². The van der Waals surface area contributed by atoms with Crippen LogP contribution in [0.15, 0.2) is 48.5 Å². The number of hydrogen-bond acceptors (Lipinski definition) is 3. The lowest BCUT2D eigenvalue weighted by atomic mass is 9.98. The maximum absolute atomic E-state index is 12.4. The summed E-state index contributed by atoms with van der Waals surface area (Å²) in [6, 6.07) is 16.3. The minimum absolute atomic E-state index is 0. The highest BCUT2D eigenvalue weighted by Gasteiger charge is 2.22. The van der Waals surface area contributed by atoms with Crippen LogP contribution >= 0.6 is 12.4 Å². The molecular weight excluding hydrogens is 360 g/mol. The number of carbonyl (C=O) groups excluding carboxylic acids is 1. The van der Waals surface area contributed by atoms with Gasteiger partial charge in [-0.2, -0.15) is 0 Å². The van der Waals surface area contributed by atoms with Crippen LogP contribution in [0.1, 0.15) is 42.5 Å². The number of halogens is 1. The van der Waals surface area contributed by atoms with Gasteiger partial charge in [0, 0.05) is 6.54 Å². The Morgan fingerprint density at radius 2 is 2.04 bits per heavy atom. The third kappa shape index (κ3) is 6.26. The lowest BCUT2D eigenvalue weighted by Crippen LogP contribution is -2.41. The summed E-state index contributed by atoms with van der Waals surface area (Å²) in [6.07, 6.45) is 2.04. The van der Waals surface area contributed by atoms with E-state index in [0.29, 0.717) is 6.61 Å². The molecule has 2 aromatic carbocycles. The largest absolute Gasteiger partial charge is 0.489 e. The minimum atomic E-state index is -0.00440. The van der Waals surface area contributed by atoms with Gasteiger partial charge in [-0.05, 0) is 56.5 Å². The molecule has 2 unspecified atom stereocenters. The molecule has 2 aromatic rings. The first kappa shape index (κ1) is 21.3. The Bertz CT molecular complexity index is 727. The second-order valence-electron chi connectivity index (χ2n) is 7.12. The fraction of sp³-hybridized carbons (Fsp3) is 0.409. The van der Waals surface area contributed by atoms with E-state index >= 15 is 0 Å². The molecule has 27 heavy (non-hydrogen) atoms. The maximum atomic E-state index is 12.4. The van der Waals surface area contributed by atoms with E-state index in [4.69, 9.17) is 4.74 Å². The van der Waals surface area contributed by atoms with Crippen molar-refractivity contribution < 1.29 is 9.53 Å². The van der Waals surface area contributed by atoms with Crippen LogP contribution in [0.5, 0.6) is 5.75 Å². The summed E-state index contributed by atoms with van der Waals surface area (Å²) in [5.41, 5.74) is 3.49. The first-order valence-corrected chi connectivity index (χ1v) is 9.41. The van der Waals surface area contributed by atoms with Crippen molar-refractivity contribution in [2.45, 2.75) is 39.3 Å². The second kappa shape index (κ2) is 10.3. The van der Waals surface area contributed by atoms with Gasteiger partial charge in [0.15, 0.2) is 0 Å². The average molecular weight is 389 g/mol. The van der Waals surface area contributed by atoms with Crippen LogP contribution in [0.25, 0.3) is 0 Å². The summed E-state index contributed by atoms with van der Waals surface area (Å²) in [6.45, 7) is 6.46. The zero-order chi connectivity index (χ0) is 18.4. The van der Waals surface area contributed by atoms with Gasteiger partial charge < -0.3 is 15.4 Å². The Hall–Kier alpha value is -2.04. The number of ether oxygens (including phenoxy) is 1. The van der Waals surface area contributed by atoms with E-state index in [2.05, 4.69) is 35.8 Å². The number of nitrogens with one attached hydrogen (secondary N) is 2. The quantitative estimate of drug-likeness (QED) is 0.780. The molecule has 0 bridgehead atoms. The Morgan fingerprint density at radius 1 is 1.26 bits per heavy atom. The van der Waals surface area contributed by atoms with Gasteiger partial charge in [-0.1, -0.05) is 42.0 Å². The van der Waals surface area contributed by atoms with E-state index in [1.165, 1.54) is 5.56 Å². The predicted octanol–water partition coefficient (Wildman–Crippen LogP) is 4.17. The Labute approximate surface area is 168 Å². The standard InChI is InChI=1S/C22H28N2O2.ClH/c1-16-5-3-6-18(13-16)15-26-21-10-8-19(9-11-21)17(2)24-22(25)20-7-4-12-23-14-20;/h3,5-6,8-11,13,17,20,23H,4,7,12,14-15H2,1-2H3,(H,24,25);1H. The Kier molecular flexibility index (Phi) is 8.14. The highest BCUT2D eigenvalue weighted by molar-refractivity contribution is 5.85. The van der Waals surface area contributed by atoms with Crippen LogP contribution in [-0.2, 0) is 11.4 Å². The molecule has 0 spiro atoms. The van der Waals surface area contributed by atoms with Gasteiger partial charge in [0.25, 0.3) is 0 Å². The molecule has 1 saturated heterocycles. The number of aryl methyl sites for hydroxylation is 1. The number of hydrogen-bond donors (Lipinski definition) is 2.